The van der Waals surface area contributed by atoms with Gasteiger partial charge in [0.1, 0.15) is 0 Å². The molecule has 2 heterocycles. The van der Waals surface area contributed by atoms with Crippen LogP contribution in [0.3, 0.4) is 0 Å². The highest BCUT2D eigenvalue weighted by Crippen LogP contribution is 2.32. The zero-order valence-corrected chi connectivity index (χ0v) is 10.3. The van der Waals surface area contributed by atoms with Gasteiger partial charge < -0.3 is 0 Å². The van der Waals surface area contributed by atoms with Gasteiger partial charge in [-0.3, -0.25) is 0 Å². The van der Waals surface area contributed by atoms with E-state index in [0.29, 0.717) is 5.92 Å². The lowest BCUT2D eigenvalue weighted by atomic mass is 10.2. The first-order valence-electron chi connectivity index (χ1n) is 4.38. The van der Waals surface area contributed by atoms with Crippen molar-refractivity contribution in [2.75, 3.05) is 0 Å². The first kappa shape index (κ1) is 10.1. The van der Waals surface area contributed by atoms with E-state index in [1.165, 1.54) is 5.01 Å². The molecular weight excluding hydrogens is 234 g/mol. The van der Waals surface area contributed by atoms with Gasteiger partial charge in [-0.25, -0.2) is 4.98 Å². The SMILES string of the molecule is CC(C)c1nc(-c2ccc(Cl)s2)cs1. The summed E-state index contributed by atoms with van der Waals surface area (Å²) in [6.45, 7) is 4.31. The number of thiazole rings is 1. The van der Waals surface area contributed by atoms with Crippen molar-refractivity contribution in [1.82, 2.24) is 4.98 Å². The molecule has 2 aromatic heterocycles. The molecule has 0 N–H and O–H groups in total. The normalized spacial score (nSPS) is 11.1. The van der Waals surface area contributed by atoms with Crippen molar-refractivity contribution in [3.63, 3.8) is 0 Å². The molecule has 14 heavy (non-hydrogen) atoms. The smallest absolute Gasteiger partial charge is 0.0958 e. The predicted molar refractivity (Wildman–Crippen MR) is 64.5 cm³/mol. The minimum Gasteiger partial charge on any atom is -0.240 e. The number of nitrogens with zero attached hydrogens (tertiary/aromatic N) is 1. The van der Waals surface area contributed by atoms with Gasteiger partial charge >= 0.3 is 0 Å². The van der Waals surface area contributed by atoms with Crippen LogP contribution in [0, 0.1) is 0 Å². The van der Waals surface area contributed by atoms with Crippen LogP contribution in [0.25, 0.3) is 10.6 Å². The van der Waals surface area contributed by atoms with Crippen LogP contribution < -0.4 is 0 Å². The number of thiophene rings is 1. The van der Waals surface area contributed by atoms with Gasteiger partial charge in [0, 0.05) is 11.3 Å². The highest BCUT2D eigenvalue weighted by Gasteiger charge is 2.08. The Morgan fingerprint density at radius 1 is 1.36 bits per heavy atom. The van der Waals surface area contributed by atoms with Crippen molar-refractivity contribution in [3.05, 3.63) is 26.9 Å². The third-order valence-electron chi connectivity index (χ3n) is 1.84. The Morgan fingerprint density at radius 2 is 2.14 bits per heavy atom. The van der Waals surface area contributed by atoms with E-state index >= 15 is 0 Å². The summed E-state index contributed by atoms with van der Waals surface area (Å²) < 4.78 is 0.819. The fraction of sp³-hybridized carbons (Fsp3) is 0.300. The van der Waals surface area contributed by atoms with Gasteiger partial charge in [0.05, 0.1) is 19.9 Å². The average molecular weight is 244 g/mol. The average Bonchev–Trinajstić information content (AvgIpc) is 2.70. The second-order valence-electron chi connectivity index (χ2n) is 3.33. The molecular formula is C10H10ClNS2. The zero-order valence-electron chi connectivity index (χ0n) is 7.95. The largest absolute Gasteiger partial charge is 0.240 e. The molecule has 0 bridgehead atoms. The van der Waals surface area contributed by atoms with Crippen molar-refractivity contribution < 1.29 is 0 Å². The number of halogens is 1. The van der Waals surface area contributed by atoms with Gasteiger partial charge in [-0.2, -0.15) is 0 Å². The molecule has 0 aliphatic rings. The summed E-state index contributed by atoms with van der Waals surface area (Å²) in [5.74, 6) is 0.504. The van der Waals surface area contributed by atoms with E-state index in [2.05, 4.69) is 24.2 Å². The van der Waals surface area contributed by atoms with E-state index in [4.69, 9.17) is 11.6 Å². The van der Waals surface area contributed by atoms with Crippen LogP contribution in [0.15, 0.2) is 17.5 Å². The van der Waals surface area contributed by atoms with E-state index in [1.54, 1.807) is 22.7 Å². The van der Waals surface area contributed by atoms with E-state index in [-0.39, 0.29) is 0 Å². The Bertz CT molecular complexity index is 431. The molecule has 0 radical (unpaired) electrons. The van der Waals surface area contributed by atoms with Crippen molar-refractivity contribution in [2.24, 2.45) is 0 Å². The van der Waals surface area contributed by atoms with Crippen LogP contribution in [0.4, 0.5) is 0 Å². The van der Waals surface area contributed by atoms with E-state index in [0.717, 1.165) is 14.9 Å². The van der Waals surface area contributed by atoms with Gasteiger partial charge in [0.15, 0.2) is 0 Å². The molecule has 0 saturated carbocycles. The Balaban J connectivity index is 2.33. The van der Waals surface area contributed by atoms with E-state index < -0.39 is 0 Å². The summed E-state index contributed by atoms with van der Waals surface area (Å²) in [5.41, 5.74) is 1.05. The lowest BCUT2D eigenvalue weighted by molar-refractivity contribution is 0.854. The Hall–Kier alpha value is -0.380. The lowest BCUT2D eigenvalue weighted by Crippen LogP contribution is -1.84. The molecule has 4 heteroatoms. The molecule has 2 aromatic rings. The highest BCUT2D eigenvalue weighted by atomic mass is 35.5. The quantitative estimate of drug-likeness (QED) is 0.748. The van der Waals surface area contributed by atoms with Gasteiger partial charge in [0.25, 0.3) is 0 Å². The van der Waals surface area contributed by atoms with Gasteiger partial charge in [-0.1, -0.05) is 25.4 Å². The number of aromatic nitrogens is 1. The van der Waals surface area contributed by atoms with Crippen LogP contribution >= 0.6 is 34.3 Å². The minimum absolute atomic E-state index is 0.504. The predicted octanol–water partition coefficient (Wildman–Crippen LogP) is 4.65. The molecule has 0 aliphatic heterocycles. The first-order valence-corrected chi connectivity index (χ1v) is 6.45. The summed E-state index contributed by atoms with van der Waals surface area (Å²) in [7, 11) is 0. The molecule has 0 unspecified atom stereocenters. The van der Waals surface area contributed by atoms with E-state index in [9.17, 15) is 0 Å². The third-order valence-corrected chi connectivity index (χ3v) is 4.24. The van der Waals surface area contributed by atoms with Crippen LogP contribution in [-0.4, -0.2) is 4.98 Å². The molecule has 74 valence electrons. The van der Waals surface area contributed by atoms with Crippen LogP contribution in [0.2, 0.25) is 4.34 Å². The van der Waals surface area contributed by atoms with Crippen LogP contribution in [-0.2, 0) is 0 Å². The molecule has 0 spiro atoms. The van der Waals surface area contributed by atoms with E-state index in [1.807, 2.05) is 12.1 Å². The maximum Gasteiger partial charge on any atom is 0.0958 e. The number of hydrogen-bond acceptors (Lipinski definition) is 3. The van der Waals surface area contributed by atoms with Gasteiger partial charge in [-0.15, -0.1) is 22.7 Å². The Morgan fingerprint density at radius 3 is 2.64 bits per heavy atom. The summed E-state index contributed by atoms with van der Waals surface area (Å²) in [6, 6.07) is 3.93. The van der Waals surface area contributed by atoms with Crippen LogP contribution in [0.5, 0.6) is 0 Å². The summed E-state index contributed by atoms with van der Waals surface area (Å²) in [4.78, 5) is 5.71. The number of hydrogen-bond donors (Lipinski definition) is 0. The molecule has 0 fully saturated rings. The van der Waals surface area contributed by atoms with Crippen molar-refractivity contribution >= 4 is 34.3 Å². The maximum absolute atomic E-state index is 5.87. The molecule has 0 aromatic carbocycles. The fourth-order valence-corrected chi connectivity index (χ4v) is 3.03. The minimum atomic E-state index is 0.504. The molecule has 2 rings (SSSR count). The topological polar surface area (TPSA) is 12.9 Å². The first-order chi connectivity index (χ1) is 6.66. The second-order valence-corrected chi connectivity index (χ2v) is 5.93. The van der Waals surface area contributed by atoms with Crippen molar-refractivity contribution in [3.8, 4) is 10.6 Å². The standard InChI is InChI=1S/C10H10ClNS2/c1-6(2)10-12-7(5-13-10)8-3-4-9(11)14-8/h3-6H,1-2H3. The maximum atomic E-state index is 5.87. The van der Waals surface area contributed by atoms with Crippen molar-refractivity contribution in [2.45, 2.75) is 19.8 Å². The molecule has 0 amide bonds. The molecule has 1 nitrogen and oxygen atoms in total. The Labute approximate surface area is 96.4 Å². The zero-order chi connectivity index (χ0) is 10.1. The molecule has 0 atom stereocenters. The summed E-state index contributed by atoms with van der Waals surface area (Å²) >= 11 is 9.16. The fourth-order valence-electron chi connectivity index (χ4n) is 1.12. The monoisotopic (exact) mass is 243 g/mol. The highest BCUT2D eigenvalue weighted by molar-refractivity contribution is 7.19. The lowest BCUT2D eigenvalue weighted by Gasteiger charge is -1.95. The molecule has 0 saturated heterocycles. The molecule has 0 aliphatic carbocycles. The summed E-state index contributed by atoms with van der Waals surface area (Å²) in [6.07, 6.45) is 0. The third kappa shape index (κ3) is 2.00. The van der Waals surface area contributed by atoms with Gasteiger partial charge in [0.2, 0.25) is 0 Å². The number of rotatable bonds is 2. The Kier molecular flexibility index (Phi) is 2.91. The summed E-state index contributed by atoms with van der Waals surface area (Å²) in [5, 5.41) is 3.28. The van der Waals surface area contributed by atoms with Gasteiger partial charge in [-0.05, 0) is 12.1 Å². The van der Waals surface area contributed by atoms with Crippen LogP contribution in [0.1, 0.15) is 24.8 Å². The van der Waals surface area contributed by atoms with Crippen molar-refractivity contribution in [1.29, 1.82) is 0 Å². The second kappa shape index (κ2) is 4.01.